The molecule has 0 atom stereocenters. The second kappa shape index (κ2) is 3.85. The predicted molar refractivity (Wildman–Crippen MR) is 56.3 cm³/mol. The summed E-state index contributed by atoms with van der Waals surface area (Å²) in [5.74, 6) is 1.30. The van der Waals surface area contributed by atoms with Crippen molar-refractivity contribution in [3.63, 3.8) is 0 Å². The third-order valence-electron chi connectivity index (χ3n) is 1.75. The molecule has 2 aromatic heterocycles. The molecule has 0 fully saturated rings. The van der Waals surface area contributed by atoms with Crippen molar-refractivity contribution >= 4 is 17.6 Å². The second-order valence-corrected chi connectivity index (χ2v) is 3.55. The van der Waals surface area contributed by atoms with Crippen LogP contribution < -0.4 is 5.73 Å². The first-order valence-corrected chi connectivity index (χ1v) is 5.40. The number of nitrogens with zero attached hydrogens (tertiary/aromatic N) is 4. The van der Waals surface area contributed by atoms with Crippen LogP contribution >= 0.6 is 11.8 Å². The summed E-state index contributed by atoms with van der Waals surface area (Å²) >= 11 is 1.37. The van der Waals surface area contributed by atoms with Crippen molar-refractivity contribution in [3.8, 4) is 11.5 Å². The number of anilines is 1. The molecule has 7 heteroatoms. The number of rotatable bonds is 2. The summed E-state index contributed by atoms with van der Waals surface area (Å²) < 4.78 is 5.32. The fourth-order valence-electron chi connectivity index (χ4n) is 1.05. The first-order valence-electron chi connectivity index (χ1n) is 4.17. The molecule has 0 saturated carbocycles. The maximum atomic E-state index is 5.72. The van der Waals surface area contributed by atoms with Gasteiger partial charge in [-0.15, -0.1) is 10.2 Å². The highest BCUT2D eigenvalue weighted by molar-refractivity contribution is 7.98. The summed E-state index contributed by atoms with van der Waals surface area (Å²) in [6.07, 6.45) is 3.43. The van der Waals surface area contributed by atoms with Gasteiger partial charge in [0.1, 0.15) is 11.6 Å². The maximum absolute atomic E-state index is 5.72. The SMILES string of the molecule is CSc1nnc(-c2cnc(C)nc2N)o1. The summed E-state index contributed by atoms with van der Waals surface area (Å²) in [5.41, 5.74) is 6.28. The minimum Gasteiger partial charge on any atom is -0.411 e. The fraction of sp³-hybridized carbons (Fsp3) is 0.250. The van der Waals surface area contributed by atoms with Crippen molar-refractivity contribution in [2.45, 2.75) is 12.1 Å². The molecule has 0 aliphatic heterocycles. The predicted octanol–water partition coefficient (Wildman–Crippen LogP) is 1.14. The molecule has 0 radical (unpaired) electrons. The number of aromatic nitrogens is 4. The van der Waals surface area contributed by atoms with Crippen molar-refractivity contribution in [3.05, 3.63) is 12.0 Å². The quantitative estimate of drug-likeness (QED) is 0.763. The van der Waals surface area contributed by atoms with Gasteiger partial charge in [0, 0.05) is 6.20 Å². The summed E-state index contributed by atoms with van der Waals surface area (Å²) in [5, 5.41) is 8.15. The Labute approximate surface area is 90.3 Å². The van der Waals surface area contributed by atoms with E-state index in [1.54, 1.807) is 13.1 Å². The third-order valence-corrected chi connectivity index (χ3v) is 2.26. The monoisotopic (exact) mass is 223 g/mol. The lowest BCUT2D eigenvalue weighted by atomic mass is 10.3. The van der Waals surface area contributed by atoms with E-state index in [1.807, 2.05) is 6.26 Å². The average molecular weight is 223 g/mol. The zero-order chi connectivity index (χ0) is 10.8. The van der Waals surface area contributed by atoms with Crippen LogP contribution in [-0.2, 0) is 0 Å². The van der Waals surface area contributed by atoms with Gasteiger partial charge in [0.2, 0.25) is 0 Å². The summed E-state index contributed by atoms with van der Waals surface area (Å²) in [6, 6.07) is 0. The Balaban J connectivity index is 2.44. The van der Waals surface area contributed by atoms with E-state index in [1.165, 1.54) is 11.8 Å². The van der Waals surface area contributed by atoms with Gasteiger partial charge in [-0.25, -0.2) is 9.97 Å². The third kappa shape index (κ3) is 1.91. The van der Waals surface area contributed by atoms with Crippen LogP contribution in [-0.4, -0.2) is 26.4 Å². The van der Waals surface area contributed by atoms with E-state index < -0.39 is 0 Å². The van der Waals surface area contributed by atoms with Gasteiger partial charge < -0.3 is 10.2 Å². The largest absolute Gasteiger partial charge is 0.411 e. The smallest absolute Gasteiger partial charge is 0.276 e. The van der Waals surface area contributed by atoms with E-state index in [-0.39, 0.29) is 0 Å². The van der Waals surface area contributed by atoms with Crippen LogP contribution in [0.4, 0.5) is 5.82 Å². The van der Waals surface area contributed by atoms with Crippen molar-refractivity contribution in [2.24, 2.45) is 0 Å². The van der Waals surface area contributed by atoms with Crippen molar-refractivity contribution in [1.82, 2.24) is 20.2 Å². The Morgan fingerprint density at radius 2 is 2.20 bits per heavy atom. The number of thioether (sulfide) groups is 1. The molecule has 15 heavy (non-hydrogen) atoms. The standard InChI is InChI=1S/C8H9N5OS/c1-4-10-3-5(6(9)11-4)7-12-13-8(14-7)15-2/h3H,1-2H3,(H2,9,10,11). The van der Waals surface area contributed by atoms with Crippen LogP contribution in [0.25, 0.3) is 11.5 Å². The Bertz CT molecular complexity index is 484. The molecule has 2 N–H and O–H groups in total. The highest BCUT2D eigenvalue weighted by Crippen LogP contribution is 2.24. The molecule has 2 rings (SSSR count). The number of hydrogen-bond donors (Lipinski definition) is 1. The molecule has 6 nitrogen and oxygen atoms in total. The Hall–Kier alpha value is -1.63. The highest BCUT2D eigenvalue weighted by Gasteiger charge is 2.12. The van der Waals surface area contributed by atoms with Gasteiger partial charge >= 0.3 is 0 Å². The van der Waals surface area contributed by atoms with Crippen LogP contribution in [0.3, 0.4) is 0 Å². The van der Waals surface area contributed by atoms with Crippen LogP contribution in [0.5, 0.6) is 0 Å². The van der Waals surface area contributed by atoms with E-state index in [9.17, 15) is 0 Å². The molecule has 2 heterocycles. The van der Waals surface area contributed by atoms with E-state index in [0.29, 0.717) is 28.3 Å². The Kier molecular flexibility index (Phi) is 2.55. The van der Waals surface area contributed by atoms with E-state index >= 15 is 0 Å². The summed E-state index contributed by atoms with van der Waals surface area (Å²) in [7, 11) is 0. The molecule has 0 amide bonds. The van der Waals surface area contributed by atoms with Gasteiger partial charge in [-0.2, -0.15) is 0 Å². The van der Waals surface area contributed by atoms with Crippen LogP contribution in [0, 0.1) is 6.92 Å². The molecular weight excluding hydrogens is 214 g/mol. The lowest BCUT2D eigenvalue weighted by molar-refractivity contribution is 0.466. The summed E-state index contributed by atoms with van der Waals surface area (Å²) in [4.78, 5) is 8.04. The fourth-order valence-corrected chi connectivity index (χ4v) is 1.34. The molecule has 0 aliphatic carbocycles. The molecule has 0 unspecified atom stereocenters. The number of hydrogen-bond acceptors (Lipinski definition) is 7. The molecule has 0 aliphatic rings. The van der Waals surface area contributed by atoms with Crippen molar-refractivity contribution < 1.29 is 4.42 Å². The van der Waals surface area contributed by atoms with Gasteiger partial charge in [0.15, 0.2) is 0 Å². The Morgan fingerprint density at radius 1 is 1.40 bits per heavy atom. The molecule has 0 spiro atoms. The maximum Gasteiger partial charge on any atom is 0.276 e. The van der Waals surface area contributed by atoms with Crippen molar-refractivity contribution in [1.29, 1.82) is 0 Å². The lowest BCUT2D eigenvalue weighted by Crippen LogP contribution is -1.98. The second-order valence-electron chi connectivity index (χ2n) is 2.79. The van der Waals surface area contributed by atoms with Crippen LogP contribution in [0.2, 0.25) is 0 Å². The van der Waals surface area contributed by atoms with Crippen LogP contribution in [0.1, 0.15) is 5.82 Å². The molecule has 0 bridgehead atoms. The number of nitrogens with two attached hydrogens (primary N) is 1. The van der Waals surface area contributed by atoms with Gasteiger partial charge in [0.25, 0.3) is 11.1 Å². The Morgan fingerprint density at radius 3 is 2.80 bits per heavy atom. The van der Waals surface area contributed by atoms with Gasteiger partial charge in [0.05, 0.1) is 5.56 Å². The molecule has 2 aromatic rings. The van der Waals surface area contributed by atoms with Gasteiger partial charge in [-0.05, 0) is 13.2 Å². The molecule has 0 aromatic carbocycles. The van der Waals surface area contributed by atoms with Gasteiger partial charge in [-0.3, -0.25) is 0 Å². The topological polar surface area (TPSA) is 90.7 Å². The molecule has 78 valence electrons. The van der Waals surface area contributed by atoms with Gasteiger partial charge in [-0.1, -0.05) is 11.8 Å². The highest BCUT2D eigenvalue weighted by atomic mass is 32.2. The first-order chi connectivity index (χ1) is 7.20. The number of nitrogen functional groups attached to an aromatic ring is 1. The minimum absolute atomic E-state index is 0.344. The number of aryl methyl sites for hydroxylation is 1. The average Bonchev–Trinajstić information content (AvgIpc) is 2.66. The van der Waals surface area contributed by atoms with Crippen molar-refractivity contribution in [2.75, 3.05) is 12.0 Å². The zero-order valence-corrected chi connectivity index (χ0v) is 9.08. The first kappa shape index (κ1) is 9.91. The zero-order valence-electron chi connectivity index (χ0n) is 8.26. The summed E-state index contributed by atoms with van der Waals surface area (Å²) in [6.45, 7) is 1.77. The van der Waals surface area contributed by atoms with E-state index in [2.05, 4.69) is 20.2 Å². The molecule has 0 saturated heterocycles. The minimum atomic E-state index is 0.344. The van der Waals surface area contributed by atoms with Crippen LogP contribution in [0.15, 0.2) is 15.8 Å². The normalized spacial score (nSPS) is 10.5. The van der Waals surface area contributed by atoms with E-state index in [0.717, 1.165) is 0 Å². The van der Waals surface area contributed by atoms with E-state index in [4.69, 9.17) is 10.2 Å². The molecular formula is C8H9N5OS. The lowest BCUT2D eigenvalue weighted by Gasteiger charge is -1.99.